The lowest BCUT2D eigenvalue weighted by Crippen LogP contribution is -2.60. The highest BCUT2D eigenvalue weighted by Gasteiger charge is 2.79. The molecule has 4 aliphatic rings. The molecular weight excluding hydrogens is 462 g/mol. The highest BCUT2D eigenvalue weighted by atomic mass is 32.2. The van der Waals surface area contributed by atoms with Crippen LogP contribution >= 0.6 is 12.0 Å². The predicted molar refractivity (Wildman–Crippen MR) is 89.8 cm³/mol. The second-order valence-corrected chi connectivity index (χ2v) is 9.47. The Labute approximate surface area is 176 Å². The van der Waals surface area contributed by atoms with Crippen molar-refractivity contribution >= 4 is 24.0 Å². The summed E-state index contributed by atoms with van der Waals surface area (Å²) in [6.45, 7) is -1.47. The van der Waals surface area contributed by atoms with Crippen molar-refractivity contribution in [2.24, 2.45) is 23.2 Å². The second kappa shape index (κ2) is 8.60. The normalized spacial score (nSPS) is 30.4. The fourth-order valence-electron chi connectivity index (χ4n) is 5.56. The van der Waals surface area contributed by atoms with E-state index in [-0.39, 0.29) is 12.0 Å². The van der Waals surface area contributed by atoms with Crippen LogP contribution in [0.1, 0.15) is 38.5 Å². The lowest BCUT2D eigenvalue weighted by atomic mass is 9.50. The molecule has 0 atom stereocenters. The van der Waals surface area contributed by atoms with Crippen LogP contribution in [-0.2, 0) is 28.4 Å². The van der Waals surface area contributed by atoms with Gasteiger partial charge in [0.2, 0.25) is 0 Å². The number of ether oxygens (including phenoxy) is 2. The number of carbonyl (C=O) groups excluding carboxylic acids is 2. The fraction of sp³-hybridized carbons (Fsp3) is 0.882. The smallest absolute Gasteiger partial charge is 0.425 e. The molecule has 31 heavy (non-hydrogen) atoms. The Morgan fingerprint density at radius 3 is 1.81 bits per heavy atom. The van der Waals surface area contributed by atoms with Gasteiger partial charge >= 0.3 is 29.0 Å². The van der Waals surface area contributed by atoms with Gasteiger partial charge in [0.05, 0.1) is 18.6 Å². The quantitative estimate of drug-likeness (QED) is 0.181. The third kappa shape index (κ3) is 4.76. The molecule has 1 N–H and O–H groups in total. The molecule has 0 aromatic carbocycles. The zero-order valence-electron chi connectivity index (χ0n) is 16.0. The minimum atomic E-state index is -6.26. The van der Waals surface area contributed by atoms with E-state index in [0.717, 1.165) is 38.5 Å². The maximum Gasteiger partial charge on any atom is 0.425 e. The van der Waals surface area contributed by atoms with Crippen LogP contribution in [-0.4, -0.2) is 47.5 Å². The Balaban J connectivity index is 1.59. The Bertz CT molecular complexity index is 646. The molecule has 0 aromatic heterocycles. The molecule has 0 unspecified atom stereocenters. The first kappa shape index (κ1) is 24.4. The summed E-state index contributed by atoms with van der Waals surface area (Å²) in [4.78, 5) is 23.7. The van der Waals surface area contributed by atoms with Crippen molar-refractivity contribution in [1.82, 2.24) is 0 Å². The van der Waals surface area contributed by atoms with E-state index in [0.29, 0.717) is 17.8 Å². The second-order valence-electron chi connectivity index (χ2n) is 8.56. The van der Waals surface area contributed by atoms with E-state index >= 15 is 0 Å². The van der Waals surface area contributed by atoms with Gasteiger partial charge in [-0.2, -0.15) is 26.3 Å². The topological polar surface area (TPSA) is 91.3 Å². The maximum atomic E-state index is 13.2. The Morgan fingerprint density at radius 2 is 1.39 bits per heavy atom. The molecule has 4 fully saturated rings. The van der Waals surface area contributed by atoms with Crippen LogP contribution in [0, 0.1) is 23.2 Å². The van der Waals surface area contributed by atoms with Crippen molar-refractivity contribution in [3.63, 3.8) is 0 Å². The van der Waals surface area contributed by atoms with Crippen molar-refractivity contribution in [1.29, 1.82) is 0 Å². The van der Waals surface area contributed by atoms with Gasteiger partial charge in [-0.25, -0.2) is 14.8 Å². The maximum absolute atomic E-state index is 13.2. The summed E-state index contributed by atoms with van der Waals surface area (Å²) in [5.74, 6) is -2.51. The standard InChI is InChI=1S/C17H20F6O7S/c18-16(19,20)15(17(21,22)23,31-30-29-26)13(25)27-7-12(24)28-8-14-4-9-1-10(5-14)3-11(2-9)6-14/h9-11,26H,1-8H2. The summed E-state index contributed by atoms with van der Waals surface area (Å²) >= 11 is -1.55. The van der Waals surface area contributed by atoms with E-state index < -0.39 is 47.7 Å². The SMILES string of the molecule is O=C(COC(=O)C(SOOO)(C(F)(F)F)C(F)(F)F)OCC12CC3CC(CC(C3)C1)C2. The van der Waals surface area contributed by atoms with Gasteiger partial charge in [0.1, 0.15) is 0 Å². The molecule has 0 aliphatic heterocycles. The lowest BCUT2D eigenvalue weighted by molar-refractivity contribution is -0.434. The molecule has 4 bridgehead atoms. The van der Waals surface area contributed by atoms with E-state index in [4.69, 9.17) is 9.99 Å². The van der Waals surface area contributed by atoms with Gasteiger partial charge in [0.25, 0.3) is 0 Å². The number of hydrogen-bond donors (Lipinski definition) is 1. The lowest BCUT2D eigenvalue weighted by Gasteiger charge is -2.56. The summed E-state index contributed by atoms with van der Waals surface area (Å²) in [5, 5.41) is 10.7. The number of rotatable bonds is 8. The van der Waals surface area contributed by atoms with Gasteiger partial charge in [-0.15, -0.1) is 4.33 Å². The number of hydrogen-bond acceptors (Lipinski definition) is 8. The van der Waals surface area contributed by atoms with Crippen LogP contribution < -0.4 is 0 Å². The van der Waals surface area contributed by atoms with Crippen molar-refractivity contribution in [2.75, 3.05) is 13.2 Å². The highest BCUT2D eigenvalue weighted by Crippen LogP contribution is 2.60. The van der Waals surface area contributed by atoms with Gasteiger partial charge in [0.15, 0.2) is 6.61 Å². The molecule has 0 spiro atoms. The van der Waals surface area contributed by atoms with Crippen molar-refractivity contribution in [3.05, 3.63) is 0 Å². The van der Waals surface area contributed by atoms with Crippen molar-refractivity contribution in [2.45, 2.75) is 55.6 Å². The number of alkyl halides is 6. The molecular formula is C17H20F6O7S. The number of halogens is 6. The molecule has 0 aromatic rings. The first-order valence-electron chi connectivity index (χ1n) is 9.44. The summed E-state index contributed by atoms with van der Waals surface area (Å²) in [7, 11) is 0. The Kier molecular flexibility index (Phi) is 6.76. The van der Waals surface area contributed by atoms with E-state index in [1.165, 1.54) is 0 Å². The summed E-state index contributed by atoms with van der Waals surface area (Å²) in [6.07, 6.45) is -6.58. The monoisotopic (exact) mass is 482 g/mol. The van der Waals surface area contributed by atoms with E-state index in [1.807, 2.05) is 0 Å². The fourth-order valence-corrected chi connectivity index (χ4v) is 6.00. The van der Waals surface area contributed by atoms with Gasteiger partial charge < -0.3 is 9.47 Å². The van der Waals surface area contributed by atoms with Crippen LogP contribution in [0.25, 0.3) is 0 Å². The van der Waals surface area contributed by atoms with E-state index in [2.05, 4.69) is 14.1 Å². The molecule has 4 saturated carbocycles. The van der Waals surface area contributed by atoms with E-state index in [1.54, 1.807) is 0 Å². The van der Waals surface area contributed by atoms with Gasteiger partial charge in [-0.05, 0) is 56.3 Å². The minimum absolute atomic E-state index is 0.0210. The summed E-state index contributed by atoms with van der Waals surface area (Å²) in [6, 6.07) is 0. The highest BCUT2D eigenvalue weighted by molar-refractivity contribution is 7.96. The number of esters is 2. The third-order valence-electron chi connectivity index (χ3n) is 6.30. The van der Waals surface area contributed by atoms with Crippen LogP contribution in [0.3, 0.4) is 0 Å². The summed E-state index contributed by atoms with van der Waals surface area (Å²) < 4.78 is 86.1. The predicted octanol–water partition coefficient (Wildman–Crippen LogP) is 4.22. The van der Waals surface area contributed by atoms with Gasteiger partial charge in [-0.1, -0.05) is 5.04 Å². The molecule has 178 valence electrons. The molecule has 7 nitrogen and oxygen atoms in total. The van der Waals surface area contributed by atoms with E-state index in [9.17, 15) is 35.9 Å². The largest absolute Gasteiger partial charge is 0.463 e. The van der Waals surface area contributed by atoms with Crippen LogP contribution in [0.2, 0.25) is 0 Å². The molecule has 0 heterocycles. The molecule has 0 amide bonds. The molecule has 4 rings (SSSR count). The molecule has 4 aliphatic carbocycles. The summed E-state index contributed by atoms with van der Waals surface area (Å²) in [5.41, 5.74) is -0.238. The molecule has 14 heteroatoms. The average molecular weight is 482 g/mol. The number of carbonyl (C=O) groups is 2. The first-order valence-corrected chi connectivity index (χ1v) is 10.2. The third-order valence-corrected chi connectivity index (χ3v) is 7.31. The van der Waals surface area contributed by atoms with Crippen LogP contribution in [0.4, 0.5) is 26.3 Å². The van der Waals surface area contributed by atoms with Gasteiger partial charge in [-0.3, -0.25) is 0 Å². The molecule has 0 saturated heterocycles. The van der Waals surface area contributed by atoms with Crippen molar-refractivity contribution in [3.8, 4) is 0 Å². The Morgan fingerprint density at radius 1 is 0.903 bits per heavy atom. The van der Waals surface area contributed by atoms with Crippen molar-refractivity contribution < 1.29 is 60.0 Å². The Hall–Kier alpha value is -1.25. The first-order chi connectivity index (χ1) is 14.3. The van der Waals surface area contributed by atoms with Gasteiger partial charge in [0, 0.05) is 5.41 Å². The zero-order chi connectivity index (χ0) is 23.1. The van der Waals surface area contributed by atoms with Crippen LogP contribution in [0.15, 0.2) is 0 Å². The zero-order valence-corrected chi connectivity index (χ0v) is 16.8. The average Bonchev–Trinajstić information content (AvgIpc) is 2.62. The van der Waals surface area contributed by atoms with Crippen LogP contribution in [0.5, 0.6) is 0 Å². The molecule has 0 radical (unpaired) electrons. The minimum Gasteiger partial charge on any atom is -0.463 e.